The summed E-state index contributed by atoms with van der Waals surface area (Å²) < 4.78 is 0. The maximum atomic E-state index is 4.41. The first-order chi connectivity index (χ1) is 15.3. The molecule has 4 aromatic rings. The number of rotatable bonds is 6. The van der Waals surface area contributed by atoms with Gasteiger partial charge in [-0.3, -0.25) is 9.97 Å². The van der Waals surface area contributed by atoms with Gasteiger partial charge in [0, 0.05) is 35.2 Å². The largest absolute Gasteiger partial charge is 2.00 e. The molecule has 0 saturated carbocycles. The van der Waals surface area contributed by atoms with Gasteiger partial charge >= 0.3 is 21.1 Å². The molecule has 4 aromatic heterocycles. The molecule has 0 N–H and O–H groups in total. The average molecular weight is 624 g/mol. The van der Waals surface area contributed by atoms with Gasteiger partial charge in [0.15, 0.2) is 0 Å². The van der Waals surface area contributed by atoms with E-state index < -0.39 is 0 Å². The molecular formula is C26H32N6Pt. The van der Waals surface area contributed by atoms with Crippen molar-refractivity contribution in [1.82, 2.24) is 30.4 Å². The quantitative estimate of drug-likeness (QED) is 0.294. The Morgan fingerprint density at radius 2 is 1.06 bits per heavy atom. The van der Waals surface area contributed by atoms with Crippen LogP contribution in [0.3, 0.4) is 0 Å². The van der Waals surface area contributed by atoms with Gasteiger partial charge in [-0.05, 0) is 61.8 Å². The summed E-state index contributed by atoms with van der Waals surface area (Å²) in [6.07, 6.45) is 6.00. The average Bonchev–Trinajstić information content (AvgIpc) is 3.37. The molecule has 6 nitrogen and oxygen atoms in total. The van der Waals surface area contributed by atoms with Crippen LogP contribution in [-0.4, -0.2) is 20.2 Å². The second kappa shape index (κ2) is 12.6. The Kier molecular flexibility index (Phi) is 10.2. The van der Waals surface area contributed by atoms with E-state index in [1.165, 1.54) is 11.1 Å². The fourth-order valence-electron chi connectivity index (χ4n) is 3.36. The van der Waals surface area contributed by atoms with E-state index in [4.69, 9.17) is 0 Å². The summed E-state index contributed by atoms with van der Waals surface area (Å²) in [4.78, 5) is 8.83. The van der Waals surface area contributed by atoms with Gasteiger partial charge in [-0.15, -0.1) is 0 Å². The molecule has 4 heterocycles. The maximum Gasteiger partial charge on any atom is 2.00 e. The monoisotopic (exact) mass is 623 g/mol. The van der Waals surface area contributed by atoms with Crippen LogP contribution in [0.25, 0.3) is 22.8 Å². The fraction of sp³-hybridized carbons (Fsp3) is 0.385. The van der Waals surface area contributed by atoms with Crippen LogP contribution < -0.4 is 10.2 Å². The minimum atomic E-state index is 0. The van der Waals surface area contributed by atoms with Gasteiger partial charge in [0.1, 0.15) is 0 Å². The third-order valence-corrected chi connectivity index (χ3v) is 4.78. The van der Waals surface area contributed by atoms with Crippen molar-refractivity contribution in [3.05, 3.63) is 71.3 Å². The molecular weight excluding hydrogens is 591 g/mol. The summed E-state index contributed by atoms with van der Waals surface area (Å²) in [6.45, 7) is 12.7. The van der Waals surface area contributed by atoms with E-state index in [1.54, 1.807) is 0 Å². The first-order valence-electron chi connectivity index (χ1n) is 11.1. The van der Waals surface area contributed by atoms with Crippen molar-refractivity contribution in [1.29, 1.82) is 0 Å². The van der Waals surface area contributed by atoms with Crippen LogP contribution in [-0.2, 0) is 33.9 Å². The number of hydrogen-bond acceptors (Lipinski definition) is 4. The predicted molar refractivity (Wildman–Crippen MR) is 128 cm³/mol. The second-order valence-corrected chi connectivity index (χ2v) is 9.04. The smallest absolute Gasteiger partial charge is 0.574 e. The summed E-state index contributed by atoms with van der Waals surface area (Å²) in [5.41, 5.74) is 7.92. The fourth-order valence-corrected chi connectivity index (χ4v) is 3.36. The van der Waals surface area contributed by atoms with Gasteiger partial charge in [0.25, 0.3) is 0 Å². The molecule has 0 aliphatic rings. The first-order valence-corrected chi connectivity index (χ1v) is 11.1. The Balaban J connectivity index is 0.000000227. The normalized spacial score (nSPS) is 10.7. The Morgan fingerprint density at radius 3 is 1.30 bits per heavy atom. The summed E-state index contributed by atoms with van der Waals surface area (Å²) >= 11 is 0. The summed E-state index contributed by atoms with van der Waals surface area (Å²) in [5, 5.41) is 16.1. The van der Waals surface area contributed by atoms with Crippen LogP contribution in [0.15, 0.2) is 48.8 Å². The van der Waals surface area contributed by atoms with Crippen molar-refractivity contribution in [2.24, 2.45) is 11.8 Å². The van der Waals surface area contributed by atoms with Gasteiger partial charge in [-0.1, -0.05) is 63.3 Å². The van der Waals surface area contributed by atoms with Crippen LogP contribution in [0.2, 0.25) is 0 Å². The Bertz CT molecular complexity index is 1000. The molecule has 7 heteroatoms. The number of pyridine rings is 2. The van der Waals surface area contributed by atoms with Crippen molar-refractivity contribution in [2.75, 3.05) is 0 Å². The number of aryl methyl sites for hydroxylation is 2. The molecule has 0 aliphatic carbocycles. The maximum absolute atomic E-state index is 4.41. The van der Waals surface area contributed by atoms with Crippen LogP contribution >= 0.6 is 0 Å². The van der Waals surface area contributed by atoms with E-state index in [1.807, 2.05) is 50.5 Å². The third-order valence-electron chi connectivity index (χ3n) is 4.78. The molecule has 0 radical (unpaired) electrons. The van der Waals surface area contributed by atoms with Crippen molar-refractivity contribution >= 4 is 0 Å². The molecule has 0 aromatic carbocycles. The molecule has 0 bridgehead atoms. The van der Waals surface area contributed by atoms with Crippen molar-refractivity contribution in [3.63, 3.8) is 0 Å². The molecule has 0 unspecified atom stereocenters. The summed E-state index contributed by atoms with van der Waals surface area (Å²) in [6, 6.07) is 12.2. The van der Waals surface area contributed by atoms with E-state index in [0.717, 1.165) is 47.0 Å². The molecule has 0 atom stereocenters. The molecule has 0 spiro atoms. The Hall–Kier alpha value is -2.59. The minimum absolute atomic E-state index is 0. The van der Waals surface area contributed by atoms with Crippen LogP contribution in [0.1, 0.15) is 50.2 Å². The zero-order valence-corrected chi connectivity index (χ0v) is 22.5. The molecule has 0 amide bonds. The Morgan fingerprint density at radius 1 is 0.667 bits per heavy atom. The van der Waals surface area contributed by atoms with Gasteiger partial charge in [0.05, 0.1) is 0 Å². The van der Waals surface area contributed by atoms with Gasteiger partial charge in [-0.2, -0.15) is 0 Å². The van der Waals surface area contributed by atoms with Crippen LogP contribution in [0.4, 0.5) is 0 Å². The van der Waals surface area contributed by atoms with Gasteiger partial charge in [-0.25, -0.2) is 0 Å². The Labute approximate surface area is 211 Å². The predicted octanol–water partition coefficient (Wildman–Crippen LogP) is 5.21. The van der Waals surface area contributed by atoms with E-state index in [-0.39, 0.29) is 21.1 Å². The van der Waals surface area contributed by atoms with Crippen LogP contribution in [0, 0.1) is 25.7 Å². The summed E-state index contributed by atoms with van der Waals surface area (Å²) in [5.74, 6) is 1.32. The van der Waals surface area contributed by atoms with E-state index in [2.05, 4.69) is 70.2 Å². The molecule has 0 fully saturated rings. The molecule has 0 aliphatic heterocycles. The standard InChI is InChI=1S/2C13H16N3.Pt/c2*1-9(2)6-11-4-5-12(14-8-11)13-7-10(3)15-16-13;/h2*4-5,7-9H,6H2,1-3H3;/q2*-1;+2. The molecule has 4 rings (SSSR count). The van der Waals surface area contributed by atoms with Crippen molar-refractivity contribution < 1.29 is 21.1 Å². The minimum Gasteiger partial charge on any atom is -0.574 e. The molecule has 33 heavy (non-hydrogen) atoms. The van der Waals surface area contributed by atoms with E-state index in [0.29, 0.717) is 11.8 Å². The SMILES string of the molecule is Cc1cc(-c2ccc(CC(C)C)cn2)[n-]n1.Cc1cc(-c2ccc(CC(C)C)cn2)[n-]n1.[Pt+2]. The van der Waals surface area contributed by atoms with Crippen molar-refractivity contribution in [2.45, 2.75) is 54.4 Å². The molecule has 176 valence electrons. The van der Waals surface area contributed by atoms with Gasteiger partial charge in [0.2, 0.25) is 0 Å². The molecule has 0 saturated heterocycles. The topological polar surface area (TPSA) is 79.8 Å². The van der Waals surface area contributed by atoms with Gasteiger partial charge < -0.3 is 20.4 Å². The second-order valence-electron chi connectivity index (χ2n) is 9.04. The number of hydrogen-bond donors (Lipinski definition) is 0. The summed E-state index contributed by atoms with van der Waals surface area (Å²) in [7, 11) is 0. The number of aromatic nitrogens is 6. The van der Waals surface area contributed by atoms with Crippen LogP contribution in [0.5, 0.6) is 0 Å². The van der Waals surface area contributed by atoms with E-state index in [9.17, 15) is 0 Å². The zero-order valence-electron chi connectivity index (χ0n) is 20.2. The third kappa shape index (κ3) is 8.36. The number of nitrogens with zero attached hydrogens (tertiary/aromatic N) is 6. The van der Waals surface area contributed by atoms with E-state index >= 15 is 0 Å². The zero-order chi connectivity index (χ0) is 23.1. The van der Waals surface area contributed by atoms with Crippen molar-refractivity contribution in [3.8, 4) is 22.8 Å². The first kappa shape index (κ1) is 26.7.